The first kappa shape index (κ1) is 15.6. The van der Waals surface area contributed by atoms with Crippen molar-refractivity contribution in [3.63, 3.8) is 0 Å². The van der Waals surface area contributed by atoms with Crippen LogP contribution in [0.25, 0.3) is 0 Å². The van der Waals surface area contributed by atoms with Gasteiger partial charge in [0, 0.05) is 37.4 Å². The summed E-state index contributed by atoms with van der Waals surface area (Å²) < 4.78 is 0. The van der Waals surface area contributed by atoms with Gasteiger partial charge in [0.15, 0.2) is 0 Å². The van der Waals surface area contributed by atoms with Gasteiger partial charge in [0.2, 0.25) is 5.91 Å². The summed E-state index contributed by atoms with van der Waals surface area (Å²) in [5, 5.41) is 0.612. The van der Waals surface area contributed by atoms with E-state index in [1.54, 1.807) is 34.2 Å². The van der Waals surface area contributed by atoms with Crippen molar-refractivity contribution in [3.8, 4) is 0 Å². The minimum Gasteiger partial charge on any atom is -0.357 e. The zero-order chi connectivity index (χ0) is 16.2. The van der Waals surface area contributed by atoms with Crippen LogP contribution in [0.5, 0.6) is 0 Å². The highest BCUT2D eigenvalue weighted by atomic mass is 35.5. The smallest absolute Gasteiger partial charge is 0.270 e. The topological polar surface area (TPSA) is 56.4 Å². The second kappa shape index (κ2) is 6.87. The molecule has 1 fully saturated rings. The predicted molar refractivity (Wildman–Crippen MR) is 88.4 cm³/mol. The maximum Gasteiger partial charge on any atom is 0.270 e. The van der Waals surface area contributed by atoms with Crippen molar-refractivity contribution < 1.29 is 9.59 Å². The largest absolute Gasteiger partial charge is 0.357 e. The van der Waals surface area contributed by atoms with E-state index in [4.69, 9.17) is 11.6 Å². The minimum absolute atomic E-state index is 0.0202. The van der Waals surface area contributed by atoms with Gasteiger partial charge >= 0.3 is 0 Å². The molecule has 2 heterocycles. The predicted octanol–water partition coefficient (Wildman–Crippen LogP) is 2.20. The Kier molecular flexibility index (Phi) is 4.67. The molecule has 0 atom stereocenters. The molecule has 3 rings (SSSR count). The molecular formula is C17H18ClN3O2. The standard InChI is InChI=1S/C17H18ClN3O2/c18-14-5-2-1-4-13(14)12-16(22)20-8-10-21(11-9-20)17(23)15-6-3-7-19-15/h1-7,19H,8-12H2. The van der Waals surface area contributed by atoms with Crippen molar-refractivity contribution in [2.24, 2.45) is 0 Å². The van der Waals surface area contributed by atoms with Gasteiger partial charge in [-0.1, -0.05) is 29.8 Å². The molecule has 1 aliphatic rings. The van der Waals surface area contributed by atoms with Crippen molar-refractivity contribution in [2.75, 3.05) is 26.2 Å². The van der Waals surface area contributed by atoms with Crippen LogP contribution >= 0.6 is 11.6 Å². The molecule has 0 unspecified atom stereocenters. The van der Waals surface area contributed by atoms with E-state index in [9.17, 15) is 9.59 Å². The van der Waals surface area contributed by atoms with Crippen molar-refractivity contribution in [1.29, 1.82) is 0 Å². The summed E-state index contributed by atoms with van der Waals surface area (Å²) >= 11 is 6.10. The number of carbonyl (C=O) groups is 2. The van der Waals surface area contributed by atoms with Crippen LogP contribution in [0.1, 0.15) is 16.1 Å². The quantitative estimate of drug-likeness (QED) is 0.937. The Morgan fingerprint density at radius 1 is 1.00 bits per heavy atom. The Morgan fingerprint density at radius 2 is 1.70 bits per heavy atom. The lowest BCUT2D eigenvalue weighted by Gasteiger charge is -2.34. The highest BCUT2D eigenvalue weighted by Crippen LogP contribution is 2.17. The zero-order valence-corrected chi connectivity index (χ0v) is 13.4. The van der Waals surface area contributed by atoms with Gasteiger partial charge in [0.25, 0.3) is 5.91 Å². The number of H-pyrrole nitrogens is 1. The molecule has 120 valence electrons. The SMILES string of the molecule is O=C(Cc1ccccc1Cl)N1CCN(C(=O)c2ccc[nH]2)CC1. The fraction of sp³-hybridized carbons (Fsp3) is 0.294. The molecule has 0 aliphatic carbocycles. The number of aromatic amines is 1. The van der Waals surface area contributed by atoms with Gasteiger partial charge in [-0.25, -0.2) is 0 Å². The Bertz CT molecular complexity index is 692. The van der Waals surface area contributed by atoms with E-state index in [0.717, 1.165) is 5.56 Å². The van der Waals surface area contributed by atoms with Crippen LogP contribution in [0.2, 0.25) is 5.02 Å². The zero-order valence-electron chi connectivity index (χ0n) is 12.7. The van der Waals surface area contributed by atoms with Crippen LogP contribution in [-0.2, 0) is 11.2 Å². The molecule has 1 N–H and O–H groups in total. The Labute approximate surface area is 139 Å². The van der Waals surface area contributed by atoms with Crippen molar-refractivity contribution in [3.05, 3.63) is 58.9 Å². The molecule has 5 nitrogen and oxygen atoms in total. The molecule has 1 saturated heterocycles. The number of nitrogens with zero attached hydrogens (tertiary/aromatic N) is 2. The third-order valence-corrected chi connectivity index (χ3v) is 4.42. The number of nitrogens with one attached hydrogen (secondary N) is 1. The molecule has 2 aromatic rings. The molecule has 0 radical (unpaired) electrons. The molecule has 0 bridgehead atoms. The maximum atomic E-state index is 12.4. The first-order chi connectivity index (χ1) is 11.1. The molecule has 6 heteroatoms. The average Bonchev–Trinajstić information content (AvgIpc) is 3.11. The number of hydrogen-bond acceptors (Lipinski definition) is 2. The number of hydrogen-bond donors (Lipinski definition) is 1. The fourth-order valence-corrected chi connectivity index (χ4v) is 2.91. The van der Waals surface area contributed by atoms with Crippen LogP contribution < -0.4 is 0 Å². The summed E-state index contributed by atoms with van der Waals surface area (Å²) in [5.41, 5.74) is 1.42. The molecule has 1 aromatic heterocycles. The molecular weight excluding hydrogens is 314 g/mol. The van der Waals surface area contributed by atoms with Crippen molar-refractivity contribution in [2.45, 2.75) is 6.42 Å². The number of carbonyl (C=O) groups excluding carboxylic acids is 2. The third-order valence-electron chi connectivity index (χ3n) is 4.05. The van der Waals surface area contributed by atoms with Crippen LogP contribution in [0.3, 0.4) is 0 Å². The number of rotatable bonds is 3. The van der Waals surface area contributed by atoms with E-state index >= 15 is 0 Å². The second-order valence-electron chi connectivity index (χ2n) is 5.52. The van der Waals surface area contributed by atoms with E-state index in [1.165, 1.54) is 0 Å². The first-order valence-electron chi connectivity index (χ1n) is 7.59. The van der Waals surface area contributed by atoms with Gasteiger partial charge in [-0.2, -0.15) is 0 Å². The van der Waals surface area contributed by atoms with Crippen LogP contribution in [-0.4, -0.2) is 52.8 Å². The fourth-order valence-electron chi connectivity index (χ4n) is 2.71. The van der Waals surface area contributed by atoms with E-state index < -0.39 is 0 Å². The normalized spacial score (nSPS) is 14.8. The molecule has 0 saturated carbocycles. The lowest BCUT2D eigenvalue weighted by molar-refractivity contribution is -0.131. The average molecular weight is 332 g/mol. The van der Waals surface area contributed by atoms with Gasteiger partial charge < -0.3 is 14.8 Å². The first-order valence-corrected chi connectivity index (χ1v) is 7.97. The van der Waals surface area contributed by atoms with Gasteiger partial charge in [-0.3, -0.25) is 9.59 Å². The van der Waals surface area contributed by atoms with Crippen LogP contribution in [0.15, 0.2) is 42.6 Å². The van der Waals surface area contributed by atoms with Gasteiger partial charge in [-0.15, -0.1) is 0 Å². The van der Waals surface area contributed by atoms with Crippen LogP contribution in [0, 0.1) is 0 Å². The number of aromatic nitrogens is 1. The Morgan fingerprint density at radius 3 is 2.35 bits per heavy atom. The molecule has 1 aliphatic heterocycles. The summed E-state index contributed by atoms with van der Waals surface area (Å²) in [4.78, 5) is 31.1. The molecule has 2 amide bonds. The highest BCUT2D eigenvalue weighted by molar-refractivity contribution is 6.31. The van der Waals surface area contributed by atoms with Gasteiger partial charge in [0.05, 0.1) is 6.42 Å². The summed E-state index contributed by atoms with van der Waals surface area (Å²) in [6.45, 7) is 2.20. The summed E-state index contributed by atoms with van der Waals surface area (Å²) in [6, 6.07) is 10.9. The number of benzene rings is 1. The summed E-state index contributed by atoms with van der Waals surface area (Å²) in [7, 11) is 0. The summed E-state index contributed by atoms with van der Waals surface area (Å²) in [5.74, 6) is 0.0262. The molecule has 23 heavy (non-hydrogen) atoms. The Hall–Kier alpha value is -2.27. The molecule has 0 spiro atoms. The van der Waals surface area contributed by atoms with Gasteiger partial charge in [-0.05, 0) is 23.8 Å². The van der Waals surface area contributed by atoms with Crippen molar-refractivity contribution >= 4 is 23.4 Å². The van der Waals surface area contributed by atoms with E-state index in [2.05, 4.69) is 4.98 Å². The van der Waals surface area contributed by atoms with E-state index in [1.807, 2.05) is 18.2 Å². The monoisotopic (exact) mass is 331 g/mol. The van der Waals surface area contributed by atoms with Gasteiger partial charge in [0.1, 0.15) is 5.69 Å². The third kappa shape index (κ3) is 3.56. The number of halogens is 1. The van der Waals surface area contributed by atoms with E-state index in [-0.39, 0.29) is 11.8 Å². The highest BCUT2D eigenvalue weighted by Gasteiger charge is 2.25. The lowest BCUT2D eigenvalue weighted by atomic mass is 10.1. The minimum atomic E-state index is -0.0202. The maximum absolute atomic E-state index is 12.4. The number of piperazine rings is 1. The van der Waals surface area contributed by atoms with E-state index in [0.29, 0.717) is 43.3 Å². The second-order valence-corrected chi connectivity index (χ2v) is 5.93. The molecule has 1 aromatic carbocycles. The van der Waals surface area contributed by atoms with Crippen LogP contribution in [0.4, 0.5) is 0 Å². The Balaban J connectivity index is 1.55. The number of amides is 2. The van der Waals surface area contributed by atoms with Crippen molar-refractivity contribution in [1.82, 2.24) is 14.8 Å². The lowest BCUT2D eigenvalue weighted by Crippen LogP contribution is -2.51. The summed E-state index contributed by atoms with van der Waals surface area (Å²) in [6.07, 6.45) is 2.03.